The minimum Gasteiger partial charge on any atom is -0.384 e. The maximum absolute atomic E-state index is 12.7. The van der Waals surface area contributed by atoms with Crippen molar-refractivity contribution in [3.63, 3.8) is 0 Å². The molecule has 0 aliphatic heterocycles. The average Bonchev–Trinajstić information content (AvgIpc) is 3.33. The van der Waals surface area contributed by atoms with Gasteiger partial charge in [0.2, 0.25) is 0 Å². The molecule has 1 aromatic heterocycles. The molecular formula is C16H25N3O2. The van der Waals surface area contributed by atoms with E-state index in [4.69, 9.17) is 4.74 Å². The Morgan fingerprint density at radius 3 is 2.81 bits per heavy atom. The van der Waals surface area contributed by atoms with Gasteiger partial charge < -0.3 is 15.0 Å². The summed E-state index contributed by atoms with van der Waals surface area (Å²) in [6, 6.07) is 3.95. The smallest absolute Gasteiger partial charge is 0.272 e. The van der Waals surface area contributed by atoms with E-state index in [0.717, 1.165) is 12.2 Å². The van der Waals surface area contributed by atoms with E-state index in [1.165, 1.54) is 12.8 Å². The van der Waals surface area contributed by atoms with E-state index in [1.54, 1.807) is 19.4 Å². The summed E-state index contributed by atoms with van der Waals surface area (Å²) in [4.78, 5) is 18.9. The van der Waals surface area contributed by atoms with E-state index < -0.39 is 0 Å². The molecule has 1 amide bonds. The normalized spacial score (nSPS) is 15.6. The van der Waals surface area contributed by atoms with Gasteiger partial charge in [-0.1, -0.05) is 0 Å². The van der Waals surface area contributed by atoms with Gasteiger partial charge >= 0.3 is 0 Å². The molecule has 0 spiro atoms. The number of aromatic nitrogens is 1. The number of hydrogen-bond donors (Lipinski definition) is 1. The molecule has 0 saturated heterocycles. The molecular weight excluding hydrogens is 266 g/mol. The largest absolute Gasteiger partial charge is 0.384 e. The van der Waals surface area contributed by atoms with Crippen LogP contribution in [0.25, 0.3) is 0 Å². The van der Waals surface area contributed by atoms with Crippen LogP contribution in [0, 0.1) is 5.92 Å². The Morgan fingerprint density at radius 1 is 1.52 bits per heavy atom. The molecule has 116 valence electrons. The number of nitrogens with zero attached hydrogens (tertiary/aromatic N) is 2. The first-order chi connectivity index (χ1) is 10.2. The van der Waals surface area contributed by atoms with Gasteiger partial charge in [-0.3, -0.25) is 4.79 Å². The summed E-state index contributed by atoms with van der Waals surface area (Å²) in [7, 11) is 1.66. The van der Waals surface area contributed by atoms with E-state index in [2.05, 4.69) is 17.2 Å². The first-order valence-electron chi connectivity index (χ1n) is 7.67. The number of ether oxygens (including phenoxy) is 1. The van der Waals surface area contributed by atoms with Crippen LogP contribution < -0.4 is 5.32 Å². The van der Waals surface area contributed by atoms with Crippen molar-refractivity contribution in [3.8, 4) is 0 Å². The zero-order valence-corrected chi connectivity index (χ0v) is 13.1. The molecule has 1 aliphatic carbocycles. The summed E-state index contributed by atoms with van der Waals surface area (Å²) < 4.78 is 5.14. The molecule has 1 atom stereocenters. The number of carbonyl (C=O) groups excluding carboxylic acids is 1. The molecule has 5 nitrogen and oxygen atoms in total. The van der Waals surface area contributed by atoms with Crippen LogP contribution in [-0.4, -0.2) is 48.6 Å². The topological polar surface area (TPSA) is 54.5 Å². The summed E-state index contributed by atoms with van der Waals surface area (Å²) in [5.41, 5.74) is 1.44. The lowest BCUT2D eigenvalue weighted by atomic mass is 10.1. The molecule has 0 radical (unpaired) electrons. The molecule has 1 N–H and O–H groups in total. The molecule has 1 saturated carbocycles. The van der Waals surface area contributed by atoms with Crippen LogP contribution in [0.2, 0.25) is 0 Å². The van der Waals surface area contributed by atoms with Crippen molar-refractivity contribution in [1.29, 1.82) is 0 Å². The number of methoxy groups -OCH3 is 1. The van der Waals surface area contributed by atoms with E-state index in [-0.39, 0.29) is 11.9 Å². The van der Waals surface area contributed by atoms with Crippen molar-refractivity contribution in [1.82, 2.24) is 9.88 Å². The predicted molar refractivity (Wildman–Crippen MR) is 83.5 cm³/mol. The predicted octanol–water partition coefficient (Wildman–Crippen LogP) is 2.40. The first kappa shape index (κ1) is 15.8. The zero-order valence-electron chi connectivity index (χ0n) is 13.1. The van der Waals surface area contributed by atoms with Crippen LogP contribution in [0.5, 0.6) is 0 Å². The second-order valence-corrected chi connectivity index (χ2v) is 5.53. The van der Waals surface area contributed by atoms with Crippen molar-refractivity contribution in [2.24, 2.45) is 5.92 Å². The van der Waals surface area contributed by atoms with Crippen molar-refractivity contribution in [2.45, 2.75) is 32.7 Å². The standard InChI is InChI=1S/C16H25N3O2/c1-4-17-14-7-8-15(18-11-14)16(20)19(9-10-21-3)12(2)13-5-6-13/h7-8,11-13,17H,4-6,9-10H2,1-3H3. The molecule has 1 unspecified atom stereocenters. The van der Waals surface area contributed by atoms with Gasteiger partial charge in [-0.15, -0.1) is 0 Å². The number of nitrogens with one attached hydrogen (secondary N) is 1. The lowest BCUT2D eigenvalue weighted by Gasteiger charge is -2.29. The Kier molecular flexibility index (Phi) is 5.56. The third kappa shape index (κ3) is 4.17. The second kappa shape index (κ2) is 7.41. The summed E-state index contributed by atoms with van der Waals surface area (Å²) >= 11 is 0. The molecule has 5 heteroatoms. The van der Waals surface area contributed by atoms with E-state index in [0.29, 0.717) is 24.8 Å². The molecule has 2 rings (SSSR count). The maximum atomic E-state index is 12.7. The first-order valence-corrected chi connectivity index (χ1v) is 7.67. The molecule has 1 heterocycles. The van der Waals surface area contributed by atoms with Crippen LogP contribution in [0.15, 0.2) is 18.3 Å². The van der Waals surface area contributed by atoms with E-state index in [9.17, 15) is 4.79 Å². The molecule has 1 fully saturated rings. The SMILES string of the molecule is CCNc1ccc(C(=O)N(CCOC)C(C)C2CC2)nc1. The second-order valence-electron chi connectivity index (χ2n) is 5.53. The quantitative estimate of drug-likeness (QED) is 0.799. The molecule has 1 aromatic rings. The summed E-state index contributed by atoms with van der Waals surface area (Å²) in [5, 5.41) is 3.18. The van der Waals surface area contributed by atoms with Crippen molar-refractivity contribution >= 4 is 11.6 Å². The van der Waals surface area contributed by atoms with Gasteiger partial charge in [0, 0.05) is 26.2 Å². The van der Waals surface area contributed by atoms with Gasteiger partial charge in [0.15, 0.2) is 0 Å². The van der Waals surface area contributed by atoms with Gasteiger partial charge in [0.05, 0.1) is 18.5 Å². The highest BCUT2D eigenvalue weighted by Crippen LogP contribution is 2.35. The minimum absolute atomic E-state index is 0.00509. The monoisotopic (exact) mass is 291 g/mol. The van der Waals surface area contributed by atoms with Gasteiger partial charge in [0.1, 0.15) is 5.69 Å². The van der Waals surface area contributed by atoms with Gasteiger partial charge in [-0.25, -0.2) is 4.98 Å². The van der Waals surface area contributed by atoms with Gasteiger partial charge in [0.25, 0.3) is 5.91 Å². The third-order valence-electron chi connectivity index (χ3n) is 3.96. The average molecular weight is 291 g/mol. The fourth-order valence-corrected chi connectivity index (χ4v) is 2.49. The molecule has 21 heavy (non-hydrogen) atoms. The number of rotatable bonds is 8. The van der Waals surface area contributed by atoms with Crippen molar-refractivity contribution < 1.29 is 9.53 Å². The number of hydrogen-bond acceptors (Lipinski definition) is 4. The van der Waals surface area contributed by atoms with Crippen molar-refractivity contribution in [3.05, 3.63) is 24.0 Å². The van der Waals surface area contributed by atoms with Crippen LogP contribution in [0.1, 0.15) is 37.2 Å². The number of anilines is 1. The zero-order chi connectivity index (χ0) is 15.2. The number of pyridine rings is 1. The number of carbonyl (C=O) groups is 1. The molecule has 0 aromatic carbocycles. The Labute approximate surface area is 126 Å². The summed E-state index contributed by atoms with van der Waals surface area (Å²) in [6.45, 7) is 6.16. The molecule has 0 bridgehead atoms. The van der Waals surface area contributed by atoms with Crippen LogP contribution in [-0.2, 0) is 4.74 Å². The fraction of sp³-hybridized carbons (Fsp3) is 0.625. The fourth-order valence-electron chi connectivity index (χ4n) is 2.49. The van der Waals surface area contributed by atoms with E-state index in [1.807, 2.05) is 17.9 Å². The highest BCUT2D eigenvalue weighted by Gasteiger charge is 2.34. The van der Waals surface area contributed by atoms with E-state index >= 15 is 0 Å². The Morgan fingerprint density at radius 2 is 2.29 bits per heavy atom. The minimum atomic E-state index is -0.00509. The van der Waals surface area contributed by atoms with Crippen LogP contribution in [0.3, 0.4) is 0 Å². The van der Waals surface area contributed by atoms with Crippen LogP contribution >= 0.6 is 0 Å². The lowest BCUT2D eigenvalue weighted by Crippen LogP contribution is -2.42. The number of amides is 1. The highest BCUT2D eigenvalue weighted by atomic mass is 16.5. The van der Waals surface area contributed by atoms with Gasteiger partial charge in [-0.05, 0) is 44.7 Å². The summed E-state index contributed by atoms with van der Waals surface area (Å²) in [5.74, 6) is 0.626. The lowest BCUT2D eigenvalue weighted by molar-refractivity contribution is 0.0589. The Hall–Kier alpha value is -1.62. The Bertz CT molecular complexity index is 457. The third-order valence-corrected chi connectivity index (χ3v) is 3.96. The highest BCUT2D eigenvalue weighted by molar-refractivity contribution is 5.92. The van der Waals surface area contributed by atoms with Crippen molar-refractivity contribution in [2.75, 3.05) is 32.1 Å². The summed E-state index contributed by atoms with van der Waals surface area (Å²) in [6.07, 6.45) is 4.14. The molecule has 1 aliphatic rings. The van der Waals surface area contributed by atoms with Crippen LogP contribution in [0.4, 0.5) is 5.69 Å². The Balaban J connectivity index is 2.08. The van der Waals surface area contributed by atoms with Gasteiger partial charge in [-0.2, -0.15) is 0 Å². The maximum Gasteiger partial charge on any atom is 0.272 e.